The summed E-state index contributed by atoms with van der Waals surface area (Å²) in [4.78, 5) is 0. The van der Waals surface area contributed by atoms with E-state index in [-0.39, 0.29) is 5.75 Å². The maximum absolute atomic E-state index is 9.21. The van der Waals surface area contributed by atoms with Gasteiger partial charge in [0.1, 0.15) is 11.6 Å². The first-order valence-corrected chi connectivity index (χ1v) is 4.77. The highest BCUT2D eigenvalue weighted by Crippen LogP contribution is 2.26. The third-order valence-corrected chi connectivity index (χ3v) is 2.32. The van der Waals surface area contributed by atoms with Crippen molar-refractivity contribution >= 4 is 17.4 Å². The van der Waals surface area contributed by atoms with Crippen molar-refractivity contribution in [2.24, 2.45) is 0 Å². The zero-order valence-corrected chi connectivity index (χ0v) is 8.86. The fourth-order valence-electron chi connectivity index (χ4n) is 1.38. The fourth-order valence-corrected chi connectivity index (χ4v) is 1.63. The normalized spacial score (nSPS) is 10.5. The molecule has 0 amide bonds. The van der Waals surface area contributed by atoms with Crippen LogP contribution < -0.4 is 5.73 Å². The Balaban J connectivity index is 2.59. The molecule has 0 aliphatic carbocycles. The third kappa shape index (κ3) is 1.76. The van der Waals surface area contributed by atoms with Gasteiger partial charge in [0.15, 0.2) is 0 Å². The lowest BCUT2D eigenvalue weighted by Gasteiger charge is -2.06. The van der Waals surface area contributed by atoms with E-state index in [1.54, 1.807) is 12.1 Å². The van der Waals surface area contributed by atoms with Crippen LogP contribution in [0.2, 0.25) is 5.02 Å². The average Bonchev–Trinajstić information content (AvgIpc) is 2.45. The summed E-state index contributed by atoms with van der Waals surface area (Å²) in [5.41, 5.74) is 7.23. The van der Waals surface area contributed by atoms with Crippen molar-refractivity contribution in [1.82, 2.24) is 9.78 Å². The molecule has 1 aromatic carbocycles. The van der Waals surface area contributed by atoms with Crippen LogP contribution in [0.1, 0.15) is 5.69 Å². The van der Waals surface area contributed by atoms with Gasteiger partial charge in [0.2, 0.25) is 0 Å². The van der Waals surface area contributed by atoms with Crippen molar-refractivity contribution in [2.45, 2.75) is 6.92 Å². The molecule has 5 heteroatoms. The molecular formula is C10H10ClN3O. The monoisotopic (exact) mass is 223 g/mol. The first kappa shape index (κ1) is 9.86. The number of phenolic OH excluding ortho intramolecular Hbond substituents is 1. The van der Waals surface area contributed by atoms with Gasteiger partial charge in [-0.2, -0.15) is 5.10 Å². The second kappa shape index (κ2) is 3.47. The molecule has 0 fully saturated rings. The Morgan fingerprint density at radius 3 is 2.67 bits per heavy atom. The zero-order chi connectivity index (χ0) is 11.0. The molecule has 0 spiro atoms. The van der Waals surface area contributed by atoms with Gasteiger partial charge in [0.25, 0.3) is 0 Å². The smallest absolute Gasteiger partial charge is 0.127 e. The Morgan fingerprint density at radius 2 is 2.13 bits per heavy atom. The van der Waals surface area contributed by atoms with Gasteiger partial charge in [-0.3, -0.25) is 0 Å². The predicted molar refractivity (Wildman–Crippen MR) is 59.4 cm³/mol. The van der Waals surface area contributed by atoms with Gasteiger partial charge in [-0.15, -0.1) is 0 Å². The van der Waals surface area contributed by atoms with Gasteiger partial charge in [0.05, 0.1) is 16.4 Å². The van der Waals surface area contributed by atoms with Gasteiger partial charge in [-0.05, 0) is 19.1 Å². The molecule has 15 heavy (non-hydrogen) atoms. The Labute approximate surface area is 91.9 Å². The molecule has 0 bridgehead atoms. The van der Waals surface area contributed by atoms with E-state index in [4.69, 9.17) is 17.3 Å². The summed E-state index contributed by atoms with van der Waals surface area (Å²) < 4.78 is 1.54. The molecule has 1 heterocycles. The number of phenols is 1. The topological polar surface area (TPSA) is 64.1 Å². The number of anilines is 1. The summed E-state index contributed by atoms with van der Waals surface area (Å²) in [6.45, 7) is 1.85. The summed E-state index contributed by atoms with van der Waals surface area (Å²) >= 11 is 5.97. The number of aryl methyl sites for hydroxylation is 1. The Hall–Kier alpha value is -1.68. The molecule has 0 radical (unpaired) electrons. The molecular weight excluding hydrogens is 214 g/mol. The number of benzene rings is 1. The molecule has 3 N–H and O–H groups in total. The highest BCUT2D eigenvalue weighted by molar-refractivity contribution is 6.32. The van der Waals surface area contributed by atoms with Gasteiger partial charge in [-0.1, -0.05) is 11.6 Å². The molecule has 0 saturated carbocycles. The molecule has 0 aliphatic heterocycles. The molecule has 2 rings (SSSR count). The van der Waals surface area contributed by atoms with Gasteiger partial charge in [-0.25, -0.2) is 4.68 Å². The number of aromatic nitrogens is 2. The van der Waals surface area contributed by atoms with Crippen molar-refractivity contribution in [3.8, 4) is 11.4 Å². The lowest BCUT2D eigenvalue weighted by Crippen LogP contribution is -2.02. The molecule has 1 aromatic heterocycles. The lowest BCUT2D eigenvalue weighted by molar-refractivity contribution is 0.475. The number of hydrogen-bond acceptors (Lipinski definition) is 3. The first-order chi connectivity index (χ1) is 7.08. The second-order valence-corrected chi connectivity index (χ2v) is 3.67. The van der Waals surface area contributed by atoms with Crippen LogP contribution in [0.15, 0.2) is 24.3 Å². The maximum atomic E-state index is 9.21. The number of halogens is 1. The maximum Gasteiger partial charge on any atom is 0.127 e. The number of rotatable bonds is 1. The number of nitrogens with two attached hydrogens (primary N) is 1. The molecule has 78 valence electrons. The second-order valence-electron chi connectivity index (χ2n) is 3.26. The van der Waals surface area contributed by atoms with Crippen LogP contribution in [0.3, 0.4) is 0 Å². The Morgan fingerprint density at radius 1 is 1.40 bits per heavy atom. The quantitative estimate of drug-likeness (QED) is 0.779. The van der Waals surface area contributed by atoms with Crippen LogP contribution in [-0.4, -0.2) is 14.9 Å². The van der Waals surface area contributed by atoms with E-state index >= 15 is 0 Å². The minimum Gasteiger partial charge on any atom is -0.508 e. The molecule has 0 aliphatic rings. The fraction of sp³-hybridized carbons (Fsp3) is 0.100. The number of aromatic hydroxyl groups is 1. The summed E-state index contributed by atoms with van der Waals surface area (Å²) in [5.74, 6) is 0.631. The van der Waals surface area contributed by atoms with Crippen LogP contribution in [0.5, 0.6) is 5.75 Å². The number of nitrogen functional groups attached to an aromatic ring is 1. The number of nitrogens with zero attached hydrogens (tertiary/aromatic N) is 2. The van der Waals surface area contributed by atoms with Crippen molar-refractivity contribution < 1.29 is 5.11 Å². The summed E-state index contributed by atoms with van der Waals surface area (Å²) in [6.07, 6.45) is 0. The van der Waals surface area contributed by atoms with Crippen LogP contribution in [0, 0.1) is 6.92 Å². The largest absolute Gasteiger partial charge is 0.508 e. The molecule has 0 unspecified atom stereocenters. The van der Waals surface area contributed by atoms with Gasteiger partial charge >= 0.3 is 0 Å². The summed E-state index contributed by atoms with van der Waals surface area (Å²) in [7, 11) is 0. The highest BCUT2D eigenvalue weighted by atomic mass is 35.5. The molecule has 2 aromatic rings. The van der Waals surface area contributed by atoms with Crippen LogP contribution in [-0.2, 0) is 0 Å². The molecule has 4 nitrogen and oxygen atoms in total. The van der Waals surface area contributed by atoms with Crippen molar-refractivity contribution in [3.63, 3.8) is 0 Å². The zero-order valence-electron chi connectivity index (χ0n) is 8.11. The Kier molecular flexibility index (Phi) is 2.28. The highest BCUT2D eigenvalue weighted by Gasteiger charge is 2.08. The summed E-state index contributed by atoms with van der Waals surface area (Å²) in [6, 6.07) is 6.41. The Bertz CT molecular complexity index is 507. The van der Waals surface area contributed by atoms with Crippen LogP contribution >= 0.6 is 11.6 Å². The standard InChI is InChI=1S/C10H10ClN3O/c1-6-4-10(12)14(13-6)9-3-2-7(15)5-8(9)11/h2-5,15H,12H2,1H3. The van der Waals surface area contributed by atoms with E-state index in [1.165, 1.54) is 16.8 Å². The predicted octanol–water partition coefficient (Wildman–Crippen LogP) is 2.12. The average molecular weight is 224 g/mol. The van der Waals surface area contributed by atoms with Crippen molar-refractivity contribution in [2.75, 3.05) is 5.73 Å². The number of hydrogen-bond donors (Lipinski definition) is 2. The van der Waals surface area contributed by atoms with E-state index in [0.717, 1.165) is 5.69 Å². The van der Waals surface area contributed by atoms with E-state index in [1.807, 2.05) is 6.92 Å². The third-order valence-electron chi connectivity index (χ3n) is 2.02. The molecule has 0 atom stereocenters. The SMILES string of the molecule is Cc1cc(N)n(-c2ccc(O)cc2Cl)n1. The van der Waals surface area contributed by atoms with Crippen molar-refractivity contribution in [1.29, 1.82) is 0 Å². The van der Waals surface area contributed by atoms with Gasteiger partial charge in [0, 0.05) is 12.1 Å². The van der Waals surface area contributed by atoms with Crippen LogP contribution in [0.25, 0.3) is 5.69 Å². The first-order valence-electron chi connectivity index (χ1n) is 4.39. The minimum atomic E-state index is 0.117. The summed E-state index contributed by atoms with van der Waals surface area (Å²) in [5, 5.41) is 13.8. The lowest BCUT2D eigenvalue weighted by atomic mass is 10.3. The van der Waals surface area contributed by atoms with E-state index < -0.39 is 0 Å². The van der Waals surface area contributed by atoms with Crippen LogP contribution in [0.4, 0.5) is 5.82 Å². The van der Waals surface area contributed by atoms with Gasteiger partial charge < -0.3 is 10.8 Å². The van der Waals surface area contributed by atoms with E-state index in [0.29, 0.717) is 16.5 Å². The van der Waals surface area contributed by atoms with E-state index in [9.17, 15) is 5.11 Å². The van der Waals surface area contributed by atoms with Crippen molar-refractivity contribution in [3.05, 3.63) is 35.0 Å². The van der Waals surface area contributed by atoms with E-state index in [2.05, 4.69) is 5.10 Å². The minimum absolute atomic E-state index is 0.117. The molecule has 0 saturated heterocycles.